The Kier molecular flexibility index (Phi) is 3.22. The topological polar surface area (TPSA) is 68.3 Å². The van der Waals surface area contributed by atoms with E-state index < -0.39 is 5.97 Å². The van der Waals surface area contributed by atoms with Gasteiger partial charge in [-0.1, -0.05) is 6.07 Å². The molecule has 108 valence electrons. The van der Waals surface area contributed by atoms with Crippen LogP contribution in [0.25, 0.3) is 16.7 Å². The van der Waals surface area contributed by atoms with Gasteiger partial charge in [-0.15, -0.1) is 12.4 Å². The molecular weight excluding hydrogens is 292 g/mol. The van der Waals surface area contributed by atoms with Crippen LogP contribution in [0.15, 0.2) is 41.2 Å². The van der Waals surface area contributed by atoms with Gasteiger partial charge in [-0.2, -0.15) is 0 Å². The van der Waals surface area contributed by atoms with Gasteiger partial charge in [-0.25, -0.2) is 9.78 Å². The van der Waals surface area contributed by atoms with E-state index in [9.17, 15) is 4.79 Å². The summed E-state index contributed by atoms with van der Waals surface area (Å²) in [5.74, 6) is -0.513. The minimum atomic E-state index is -1.06. The first-order valence-electron chi connectivity index (χ1n) is 6.52. The summed E-state index contributed by atoms with van der Waals surface area (Å²) in [7, 11) is 0. The highest BCUT2D eigenvalue weighted by atomic mass is 35.5. The molecule has 0 bridgehead atoms. The van der Waals surface area contributed by atoms with Crippen molar-refractivity contribution in [2.75, 3.05) is 0 Å². The first-order valence-corrected chi connectivity index (χ1v) is 6.52. The number of aromatic nitrogens is 2. The molecule has 0 atom stereocenters. The summed E-state index contributed by atoms with van der Waals surface area (Å²) in [6.45, 7) is 0. The molecule has 6 heteroatoms. The molecule has 0 aliphatic heterocycles. The van der Waals surface area contributed by atoms with Crippen molar-refractivity contribution in [3.05, 3.63) is 48.2 Å². The van der Waals surface area contributed by atoms with Crippen molar-refractivity contribution < 1.29 is 14.3 Å². The third kappa shape index (κ3) is 2.29. The highest BCUT2D eigenvalue weighted by Gasteiger charge is 2.26. The lowest BCUT2D eigenvalue weighted by atomic mass is 10.2. The second-order valence-corrected chi connectivity index (χ2v) is 5.08. The van der Waals surface area contributed by atoms with E-state index in [-0.39, 0.29) is 18.2 Å². The lowest BCUT2D eigenvalue weighted by molar-refractivity contribution is 0.0665. The molecule has 2 aromatic heterocycles. The number of benzene rings is 1. The molecule has 1 aliphatic carbocycles. The first kappa shape index (κ1) is 13.7. The van der Waals surface area contributed by atoms with E-state index in [0.29, 0.717) is 11.5 Å². The van der Waals surface area contributed by atoms with E-state index in [1.54, 1.807) is 18.5 Å². The van der Waals surface area contributed by atoms with E-state index >= 15 is 0 Å². The number of carboxylic acid groups (broad SMARTS) is 1. The molecule has 1 saturated carbocycles. The second-order valence-electron chi connectivity index (χ2n) is 5.08. The number of carboxylic acids is 1. The number of aromatic carboxylic acids is 1. The van der Waals surface area contributed by atoms with Crippen molar-refractivity contribution in [1.29, 1.82) is 0 Å². The van der Waals surface area contributed by atoms with Crippen LogP contribution in [0.2, 0.25) is 0 Å². The summed E-state index contributed by atoms with van der Waals surface area (Å²) >= 11 is 0. The maximum Gasteiger partial charge on any atom is 0.371 e. The molecule has 0 unspecified atom stereocenters. The summed E-state index contributed by atoms with van der Waals surface area (Å²) in [6.07, 6.45) is 6.20. The fraction of sp³-hybridized carbons (Fsp3) is 0.200. The van der Waals surface area contributed by atoms with Gasteiger partial charge in [0.2, 0.25) is 5.76 Å². The average molecular weight is 305 g/mol. The molecule has 1 aliphatic rings. The number of halogens is 1. The van der Waals surface area contributed by atoms with Crippen LogP contribution in [-0.2, 0) is 0 Å². The number of nitrogens with zero attached hydrogens (tertiary/aromatic N) is 2. The van der Waals surface area contributed by atoms with E-state index in [4.69, 9.17) is 9.52 Å². The third-order valence-corrected chi connectivity index (χ3v) is 3.63. The average Bonchev–Trinajstić information content (AvgIpc) is 3.02. The smallest absolute Gasteiger partial charge is 0.371 e. The van der Waals surface area contributed by atoms with E-state index in [1.165, 1.54) is 12.8 Å². The largest absolute Gasteiger partial charge is 0.475 e. The van der Waals surface area contributed by atoms with Gasteiger partial charge in [0.05, 0.1) is 17.7 Å². The highest BCUT2D eigenvalue weighted by Crippen LogP contribution is 2.39. The zero-order valence-corrected chi connectivity index (χ0v) is 11.8. The molecular formula is C15H13ClN2O3. The van der Waals surface area contributed by atoms with Crippen LogP contribution < -0.4 is 0 Å². The number of furan rings is 1. The van der Waals surface area contributed by atoms with Crippen molar-refractivity contribution in [3.8, 4) is 5.69 Å². The molecule has 0 amide bonds. The van der Waals surface area contributed by atoms with Crippen molar-refractivity contribution in [1.82, 2.24) is 9.55 Å². The Bertz CT molecular complexity index is 817. The SMILES string of the molecule is Cl.O=C(O)c1cc2c(-n3cnc(C4CC4)c3)cccc2o1. The summed E-state index contributed by atoms with van der Waals surface area (Å²) in [4.78, 5) is 15.4. The van der Waals surface area contributed by atoms with Gasteiger partial charge in [-0.3, -0.25) is 0 Å². The molecule has 3 aromatic rings. The first-order chi connectivity index (χ1) is 9.72. The van der Waals surface area contributed by atoms with Crippen LogP contribution in [0.5, 0.6) is 0 Å². The van der Waals surface area contributed by atoms with Gasteiger partial charge in [-0.05, 0) is 25.0 Å². The molecule has 0 saturated heterocycles. The third-order valence-electron chi connectivity index (χ3n) is 3.63. The molecule has 0 spiro atoms. The number of hydrogen-bond donors (Lipinski definition) is 1. The Hall–Kier alpha value is -2.27. The van der Waals surface area contributed by atoms with Gasteiger partial charge < -0.3 is 14.1 Å². The Morgan fingerprint density at radius 3 is 2.90 bits per heavy atom. The zero-order chi connectivity index (χ0) is 13.7. The van der Waals surface area contributed by atoms with E-state index in [0.717, 1.165) is 16.8 Å². The maximum absolute atomic E-state index is 11.0. The Morgan fingerprint density at radius 2 is 2.19 bits per heavy atom. The fourth-order valence-corrected chi connectivity index (χ4v) is 2.44. The van der Waals surface area contributed by atoms with Crippen LogP contribution in [0.3, 0.4) is 0 Å². The van der Waals surface area contributed by atoms with Gasteiger partial charge >= 0.3 is 5.97 Å². The molecule has 5 nitrogen and oxygen atoms in total. The number of imidazole rings is 1. The van der Waals surface area contributed by atoms with Crippen LogP contribution in [0, 0.1) is 0 Å². The number of rotatable bonds is 3. The minimum absolute atomic E-state index is 0. The monoisotopic (exact) mass is 304 g/mol. The molecule has 2 heterocycles. The van der Waals surface area contributed by atoms with Gasteiger partial charge in [0.15, 0.2) is 0 Å². The summed E-state index contributed by atoms with van der Waals surface area (Å²) < 4.78 is 7.25. The van der Waals surface area contributed by atoms with Crippen molar-refractivity contribution >= 4 is 29.3 Å². The van der Waals surface area contributed by atoms with Gasteiger partial charge in [0.25, 0.3) is 0 Å². The number of fused-ring (bicyclic) bond motifs is 1. The summed E-state index contributed by atoms with van der Waals surface area (Å²) in [5, 5.41) is 9.80. The zero-order valence-electron chi connectivity index (χ0n) is 11.0. The van der Waals surface area contributed by atoms with Crippen LogP contribution in [0.4, 0.5) is 0 Å². The summed E-state index contributed by atoms with van der Waals surface area (Å²) in [5.41, 5.74) is 2.56. The summed E-state index contributed by atoms with van der Waals surface area (Å²) in [6, 6.07) is 7.11. The maximum atomic E-state index is 11.0. The fourth-order valence-electron chi connectivity index (χ4n) is 2.44. The normalized spacial score (nSPS) is 14.1. The number of carbonyl (C=O) groups is 1. The Labute approximate surface area is 126 Å². The molecule has 4 rings (SSSR count). The van der Waals surface area contributed by atoms with Crippen LogP contribution in [-0.4, -0.2) is 20.6 Å². The molecule has 1 aromatic carbocycles. The van der Waals surface area contributed by atoms with Crippen molar-refractivity contribution in [2.24, 2.45) is 0 Å². The lowest BCUT2D eigenvalue weighted by Crippen LogP contribution is -1.92. The lowest BCUT2D eigenvalue weighted by Gasteiger charge is -2.02. The Morgan fingerprint density at radius 1 is 1.38 bits per heavy atom. The van der Waals surface area contributed by atoms with Gasteiger partial charge in [0, 0.05) is 23.6 Å². The second kappa shape index (κ2) is 4.93. The molecule has 1 N–H and O–H groups in total. The van der Waals surface area contributed by atoms with Crippen molar-refractivity contribution in [3.63, 3.8) is 0 Å². The van der Waals surface area contributed by atoms with E-state index in [2.05, 4.69) is 4.98 Å². The van der Waals surface area contributed by atoms with Crippen LogP contribution >= 0.6 is 12.4 Å². The van der Waals surface area contributed by atoms with Crippen LogP contribution in [0.1, 0.15) is 35.0 Å². The molecule has 0 radical (unpaired) electrons. The highest BCUT2D eigenvalue weighted by molar-refractivity contribution is 5.94. The predicted molar refractivity (Wildman–Crippen MR) is 79.5 cm³/mol. The molecule has 1 fully saturated rings. The molecule has 21 heavy (non-hydrogen) atoms. The Balaban J connectivity index is 0.00000132. The predicted octanol–water partition coefficient (Wildman–Crippen LogP) is 3.62. The van der Waals surface area contributed by atoms with Gasteiger partial charge in [0.1, 0.15) is 5.58 Å². The quantitative estimate of drug-likeness (QED) is 0.802. The van der Waals surface area contributed by atoms with Crippen molar-refractivity contribution in [2.45, 2.75) is 18.8 Å². The minimum Gasteiger partial charge on any atom is -0.475 e. The number of hydrogen-bond acceptors (Lipinski definition) is 3. The standard InChI is InChI=1S/C15H12N2O3.ClH/c18-15(19)14-6-10-12(2-1-3-13(10)20-14)17-7-11(16-8-17)9-4-5-9;/h1-3,6-9H,4-5H2,(H,18,19);1H. The van der Waals surface area contributed by atoms with E-state index in [1.807, 2.05) is 22.9 Å².